The first-order chi connectivity index (χ1) is 8.58. The number of halogens is 1. The predicted octanol–water partition coefficient (Wildman–Crippen LogP) is 3.15. The van der Waals surface area contributed by atoms with Crippen molar-refractivity contribution in [3.63, 3.8) is 0 Å². The molecular formula is C14H20ClNO2. The molecule has 0 aromatic heterocycles. The molecule has 1 rings (SSSR count). The summed E-state index contributed by atoms with van der Waals surface area (Å²) in [6.07, 6.45) is 2.50. The molecule has 0 heterocycles. The van der Waals surface area contributed by atoms with Crippen molar-refractivity contribution in [1.82, 2.24) is 4.90 Å². The van der Waals surface area contributed by atoms with Crippen LogP contribution in [0.1, 0.15) is 25.3 Å². The molecule has 0 atom stereocenters. The van der Waals surface area contributed by atoms with Gasteiger partial charge >= 0.3 is 0 Å². The van der Waals surface area contributed by atoms with Crippen LogP contribution < -0.4 is 4.74 Å². The third kappa shape index (κ3) is 4.22. The molecule has 100 valence electrons. The number of carbonyl (C=O) groups excluding carboxylic acids is 1. The molecular weight excluding hydrogens is 250 g/mol. The molecule has 0 aliphatic rings. The van der Waals surface area contributed by atoms with Gasteiger partial charge in [-0.05, 0) is 24.1 Å². The van der Waals surface area contributed by atoms with Gasteiger partial charge in [0.05, 0.1) is 18.6 Å². The van der Waals surface area contributed by atoms with Crippen LogP contribution in [0.15, 0.2) is 18.2 Å². The Hall–Kier alpha value is -1.22. The zero-order valence-electron chi connectivity index (χ0n) is 11.2. The van der Waals surface area contributed by atoms with E-state index in [1.54, 1.807) is 24.1 Å². The Morgan fingerprint density at radius 2 is 2.17 bits per heavy atom. The molecule has 1 amide bonds. The van der Waals surface area contributed by atoms with Crippen molar-refractivity contribution in [2.75, 3.05) is 20.7 Å². The van der Waals surface area contributed by atoms with Crippen molar-refractivity contribution in [3.05, 3.63) is 28.8 Å². The molecule has 0 saturated heterocycles. The number of carbonyl (C=O) groups is 1. The van der Waals surface area contributed by atoms with Crippen LogP contribution in [0.2, 0.25) is 5.02 Å². The standard InChI is InChI=1S/C14H20ClNO2/c1-4-5-8-16(2)14(17)10-11-6-7-13(18-3)12(15)9-11/h6-7,9H,4-5,8,10H2,1-3H3. The van der Waals surface area contributed by atoms with E-state index in [1.807, 2.05) is 13.1 Å². The van der Waals surface area contributed by atoms with Crippen molar-refractivity contribution in [2.45, 2.75) is 26.2 Å². The van der Waals surface area contributed by atoms with E-state index < -0.39 is 0 Å². The Labute approximate surface area is 114 Å². The van der Waals surface area contributed by atoms with Gasteiger partial charge in [0.25, 0.3) is 0 Å². The number of amides is 1. The molecule has 0 aliphatic heterocycles. The van der Waals surface area contributed by atoms with E-state index in [2.05, 4.69) is 6.92 Å². The maximum Gasteiger partial charge on any atom is 0.226 e. The Bertz CT molecular complexity index is 407. The summed E-state index contributed by atoms with van der Waals surface area (Å²) < 4.78 is 5.08. The van der Waals surface area contributed by atoms with Gasteiger partial charge in [-0.1, -0.05) is 31.0 Å². The maximum atomic E-state index is 11.9. The average Bonchev–Trinajstić information content (AvgIpc) is 2.36. The highest BCUT2D eigenvalue weighted by Gasteiger charge is 2.10. The van der Waals surface area contributed by atoms with Crippen molar-refractivity contribution >= 4 is 17.5 Å². The Morgan fingerprint density at radius 1 is 1.44 bits per heavy atom. The van der Waals surface area contributed by atoms with Crippen LogP contribution in [0, 0.1) is 0 Å². The monoisotopic (exact) mass is 269 g/mol. The number of benzene rings is 1. The van der Waals surface area contributed by atoms with Crippen LogP contribution in [-0.4, -0.2) is 31.5 Å². The Kier molecular flexibility index (Phi) is 5.99. The fraction of sp³-hybridized carbons (Fsp3) is 0.500. The second-order valence-corrected chi connectivity index (χ2v) is 4.72. The fourth-order valence-corrected chi connectivity index (χ4v) is 1.93. The molecule has 18 heavy (non-hydrogen) atoms. The highest BCUT2D eigenvalue weighted by atomic mass is 35.5. The fourth-order valence-electron chi connectivity index (χ4n) is 1.65. The highest BCUT2D eigenvalue weighted by molar-refractivity contribution is 6.32. The van der Waals surface area contributed by atoms with Crippen molar-refractivity contribution < 1.29 is 9.53 Å². The molecule has 1 aromatic carbocycles. The number of rotatable bonds is 6. The topological polar surface area (TPSA) is 29.5 Å². The normalized spacial score (nSPS) is 10.2. The lowest BCUT2D eigenvalue weighted by Crippen LogP contribution is -2.29. The van der Waals surface area contributed by atoms with E-state index >= 15 is 0 Å². The minimum absolute atomic E-state index is 0.115. The minimum atomic E-state index is 0.115. The number of hydrogen-bond donors (Lipinski definition) is 0. The number of hydrogen-bond acceptors (Lipinski definition) is 2. The lowest BCUT2D eigenvalue weighted by Gasteiger charge is -2.16. The van der Waals surface area contributed by atoms with Crippen LogP contribution in [0.5, 0.6) is 5.75 Å². The number of nitrogens with zero attached hydrogens (tertiary/aromatic N) is 1. The lowest BCUT2D eigenvalue weighted by molar-refractivity contribution is -0.129. The van der Waals surface area contributed by atoms with E-state index in [9.17, 15) is 4.79 Å². The second-order valence-electron chi connectivity index (χ2n) is 4.31. The molecule has 0 radical (unpaired) electrons. The molecule has 0 fully saturated rings. The van der Waals surface area contributed by atoms with Crippen molar-refractivity contribution in [1.29, 1.82) is 0 Å². The Balaban J connectivity index is 2.61. The van der Waals surface area contributed by atoms with Crippen LogP contribution in [0.25, 0.3) is 0 Å². The summed E-state index contributed by atoms with van der Waals surface area (Å²) >= 11 is 6.03. The van der Waals surface area contributed by atoms with Gasteiger partial charge in [-0.2, -0.15) is 0 Å². The Morgan fingerprint density at radius 3 is 2.72 bits per heavy atom. The quantitative estimate of drug-likeness (QED) is 0.794. The van der Waals surface area contributed by atoms with E-state index in [-0.39, 0.29) is 5.91 Å². The molecule has 0 bridgehead atoms. The number of likely N-dealkylation sites (N-methyl/N-ethyl adjacent to an activating group) is 1. The minimum Gasteiger partial charge on any atom is -0.495 e. The van der Waals surface area contributed by atoms with Crippen LogP contribution >= 0.6 is 11.6 Å². The second kappa shape index (κ2) is 7.27. The smallest absolute Gasteiger partial charge is 0.226 e. The highest BCUT2D eigenvalue weighted by Crippen LogP contribution is 2.25. The molecule has 0 N–H and O–H groups in total. The summed E-state index contributed by atoms with van der Waals surface area (Å²) in [6, 6.07) is 5.44. The molecule has 3 nitrogen and oxygen atoms in total. The van der Waals surface area contributed by atoms with Gasteiger partial charge in [0.2, 0.25) is 5.91 Å². The summed E-state index contributed by atoms with van der Waals surface area (Å²) in [5.41, 5.74) is 0.911. The summed E-state index contributed by atoms with van der Waals surface area (Å²) in [6.45, 7) is 2.92. The van der Waals surface area contributed by atoms with E-state index in [0.717, 1.165) is 24.9 Å². The summed E-state index contributed by atoms with van der Waals surface area (Å²) in [5, 5.41) is 0.541. The van der Waals surface area contributed by atoms with Crippen LogP contribution in [0.4, 0.5) is 0 Å². The van der Waals surface area contributed by atoms with Gasteiger partial charge in [0.15, 0.2) is 0 Å². The first-order valence-corrected chi connectivity index (χ1v) is 6.52. The molecule has 4 heteroatoms. The third-order valence-electron chi connectivity index (χ3n) is 2.84. The molecule has 0 aliphatic carbocycles. The maximum absolute atomic E-state index is 11.9. The van der Waals surface area contributed by atoms with Crippen LogP contribution in [0.3, 0.4) is 0 Å². The lowest BCUT2D eigenvalue weighted by atomic mass is 10.1. The van der Waals surface area contributed by atoms with Crippen molar-refractivity contribution in [3.8, 4) is 5.75 Å². The third-order valence-corrected chi connectivity index (χ3v) is 3.14. The summed E-state index contributed by atoms with van der Waals surface area (Å²) in [5.74, 6) is 0.747. The molecule has 1 aromatic rings. The van der Waals surface area contributed by atoms with Gasteiger partial charge in [-0.3, -0.25) is 4.79 Å². The molecule has 0 spiro atoms. The molecule has 0 unspecified atom stereocenters. The van der Waals surface area contributed by atoms with Gasteiger partial charge in [-0.25, -0.2) is 0 Å². The first-order valence-electron chi connectivity index (χ1n) is 6.14. The summed E-state index contributed by atoms with van der Waals surface area (Å²) in [7, 11) is 3.41. The molecule has 0 saturated carbocycles. The van der Waals surface area contributed by atoms with Gasteiger partial charge < -0.3 is 9.64 Å². The summed E-state index contributed by atoms with van der Waals surface area (Å²) in [4.78, 5) is 13.7. The van der Waals surface area contributed by atoms with Crippen molar-refractivity contribution in [2.24, 2.45) is 0 Å². The average molecular weight is 270 g/mol. The number of unbranched alkanes of at least 4 members (excludes halogenated alkanes) is 1. The zero-order chi connectivity index (χ0) is 13.5. The largest absolute Gasteiger partial charge is 0.495 e. The van der Waals surface area contributed by atoms with E-state index in [4.69, 9.17) is 16.3 Å². The van der Waals surface area contributed by atoms with E-state index in [1.165, 1.54) is 0 Å². The number of methoxy groups -OCH3 is 1. The van der Waals surface area contributed by atoms with Gasteiger partial charge in [-0.15, -0.1) is 0 Å². The zero-order valence-corrected chi connectivity index (χ0v) is 12.0. The number of ether oxygens (including phenoxy) is 1. The SMILES string of the molecule is CCCCN(C)C(=O)Cc1ccc(OC)c(Cl)c1. The predicted molar refractivity (Wildman–Crippen MR) is 74.3 cm³/mol. The van der Waals surface area contributed by atoms with Gasteiger partial charge in [0.1, 0.15) is 5.75 Å². The van der Waals surface area contributed by atoms with Gasteiger partial charge in [0, 0.05) is 13.6 Å². The van der Waals surface area contributed by atoms with Crippen LogP contribution in [-0.2, 0) is 11.2 Å². The van der Waals surface area contributed by atoms with E-state index in [0.29, 0.717) is 17.2 Å². The first kappa shape index (κ1) is 14.8.